The number of ether oxygens (including phenoxy) is 2. The molecule has 1 aromatic heterocycles. The van der Waals surface area contributed by atoms with E-state index in [2.05, 4.69) is 38.8 Å². The van der Waals surface area contributed by atoms with Crippen molar-refractivity contribution in [1.82, 2.24) is 9.88 Å². The van der Waals surface area contributed by atoms with E-state index in [0.29, 0.717) is 17.0 Å². The second kappa shape index (κ2) is 12.4. The van der Waals surface area contributed by atoms with Crippen LogP contribution in [0.15, 0.2) is 72.9 Å². The number of benzene rings is 2. The summed E-state index contributed by atoms with van der Waals surface area (Å²) in [5.41, 5.74) is 1.01. The molecule has 1 aliphatic rings. The lowest BCUT2D eigenvalue weighted by molar-refractivity contribution is -0.135. The second-order valence-corrected chi connectivity index (χ2v) is 17.1. The molecule has 3 atom stereocenters. The first kappa shape index (κ1) is 31.4. The van der Waals surface area contributed by atoms with E-state index in [9.17, 15) is 14.7 Å². The average molecular weight is 591 g/mol. The van der Waals surface area contributed by atoms with Gasteiger partial charge in [0.25, 0.3) is 0 Å². The van der Waals surface area contributed by atoms with E-state index in [1.54, 1.807) is 12.3 Å². The normalized spacial score (nSPS) is 18.9. The Morgan fingerprint density at radius 2 is 1.62 bits per heavy atom. The second-order valence-electron chi connectivity index (χ2n) is 12.3. The third-order valence-corrected chi connectivity index (χ3v) is 13.1. The molecule has 1 saturated heterocycles. The molecule has 224 valence electrons. The fourth-order valence-electron chi connectivity index (χ4n) is 5.04. The van der Waals surface area contributed by atoms with Crippen LogP contribution in [-0.4, -0.2) is 42.4 Å². The number of aromatic nitrogens is 1. The van der Waals surface area contributed by atoms with Gasteiger partial charge in [-0.3, -0.25) is 4.79 Å². The smallest absolute Gasteiger partial charge is 0.417 e. The summed E-state index contributed by atoms with van der Waals surface area (Å²) < 4.78 is 17.9. The first-order valence-electron chi connectivity index (χ1n) is 14.3. The Labute approximate surface area is 249 Å². The molecule has 0 radical (unpaired) electrons. The molecule has 2 aromatic carbocycles. The van der Waals surface area contributed by atoms with E-state index in [-0.39, 0.29) is 24.5 Å². The topological polar surface area (TPSA) is 98.2 Å². The van der Waals surface area contributed by atoms with Crippen molar-refractivity contribution in [1.29, 1.82) is 0 Å². The molecular formula is C33H42N2O6Si. The van der Waals surface area contributed by atoms with Gasteiger partial charge in [-0.2, -0.15) is 0 Å². The minimum absolute atomic E-state index is 0.0303. The number of carbonyl (C=O) groups excluding carboxylic acids is 2. The summed E-state index contributed by atoms with van der Waals surface area (Å²) in [6.07, 6.45) is -0.00879. The molecule has 3 aromatic rings. The molecule has 0 bridgehead atoms. The highest BCUT2D eigenvalue weighted by molar-refractivity contribution is 6.74. The Morgan fingerprint density at radius 1 is 1.02 bits per heavy atom. The predicted molar refractivity (Wildman–Crippen MR) is 163 cm³/mol. The van der Waals surface area contributed by atoms with E-state index in [0.717, 1.165) is 16.0 Å². The molecule has 2 amide bonds. The van der Waals surface area contributed by atoms with Gasteiger partial charge < -0.3 is 19.0 Å². The van der Waals surface area contributed by atoms with Crippen LogP contribution in [0.2, 0.25) is 18.1 Å². The number of imide groups is 1. The molecule has 1 fully saturated rings. The number of aliphatic hydroxyl groups is 1. The minimum Gasteiger partial charge on any atom is -0.481 e. The molecule has 9 heteroatoms. The van der Waals surface area contributed by atoms with Gasteiger partial charge in [0, 0.05) is 11.8 Å². The van der Waals surface area contributed by atoms with Crippen LogP contribution in [0.25, 0.3) is 0 Å². The van der Waals surface area contributed by atoms with Gasteiger partial charge in [-0.05, 0) is 47.3 Å². The number of pyridine rings is 1. The quantitative estimate of drug-likeness (QED) is 0.252. The monoisotopic (exact) mass is 590 g/mol. The molecule has 0 spiro atoms. The summed E-state index contributed by atoms with van der Waals surface area (Å²) in [7, 11) is -0.645. The highest BCUT2D eigenvalue weighted by atomic mass is 28.4. The van der Waals surface area contributed by atoms with E-state index in [1.807, 2.05) is 67.6 Å². The first-order valence-corrected chi connectivity index (χ1v) is 17.2. The average Bonchev–Trinajstić information content (AvgIpc) is 3.33. The van der Waals surface area contributed by atoms with Crippen LogP contribution in [0.3, 0.4) is 0 Å². The third kappa shape index (κ3) is 6.28. The Bertz CT molecular complexity index is 1390. The van der Waals surface area contributed by atoms with Crippen molar-refractivity contribution in [2.24, 2.45) is 0 Å². The van der Waals surface area contributed by atoms with Crippen LogP contribution in [-0.2, 0) is 26.2 Å². The maximum atomic E-state index is 14.1. The molecule has 1 aliphatic heterocycles. The molecule has 8 nitrogen and oxygen atoms in total. The number of cyclic esters (lactones) is 1. The summed E-state index contributed by atoms with van der Waals surface area (Å²) in [5.74, 6) is -0.207. The van der Waals surface area contributed by atoms with Gasteiger partial charge in [-0.25, -0.2) is 14.7 Å². The maximum Gasteiger partial charge on any atom is 0.417 e. The molecule has 42 heavy (non-hydrogen) atoms. The molecular weight excluding hydrogens is 548 g/mol. The van der Waals surface area contributed by atoms with Crippen LogP contribution in [0.1, 0.15) is 74.9 Å². The van der Waals surface area contributed by atoms with Gasteiger partial charge in [0.2, 0.25) is 11.8 Å². The zero-order valence-corrected chi connectivity index (χ0v) is 26.6. The largest absolute Gasteiger partial charge is 0.481 e. The van der Waals surface area contributed by atoms with Crippen LogP contribution in [0.5, 0.6) is 5.88 Å². The number of amides is 2. The lowest BCUT2D eigenvalue weighted by Gasteiger charge is -2.37. The molecule has 4 rings (SSSR count). The van der Waals surface area contributed by atoms with Gasteiger partial charge in [0.15, 0.2) is 14.4 Å². The lowest BCUT2D eigenvalue weighted by atomic mass is 9.84. The van der Waals surface area contributed by atoms with Crippen molar-refractivity contribution >= 4 is 20.3 Å². The number of rotatable bonds is 10. The summed E-state index contributed by atoms with van der Waals surface area (Å²) >= 11 is 0. The zero-order valence-electron chi connectivity index (χ0n) is 25.6. The van der Waals surface area contributed by atoms with Crippen molar-refractivity contribution in [2.45, 2.75) is 83.0 Å². The molecule has 0 unspecified atom stereocenters. The Kier molecular flexibility index (Phi) is 9.25. The van der Waals surface area contributed by atoms with Crippen LogP contribution < -0.4 is 4.74 Å². The van der Waals surface area contributed by atoms with Gasteiger partial charge in [-0.15, -0.1) is 0 Å². The summed E-state index contributed by atoms with van der Waals surface area (Å²) in [4.78, 5) is 32.9. The summed E-state index contributed by atoms with van der Waals surface area (Å²) in [6.45, 7) is 12.7. The highest BCUT2D eigenvalue weighted by Gasteiger charge is 2.49. The van der Waals surface area contributed by atoms with Crippen molar-refractivity contribution in [3.05, 3.63) is 95.2 Å². The Balaban J connectivity index is 1.70. The van der Waals surface area contributed by atoms with Crippen molar-refractivity contribution < 1.29 is 28.6 Å². The Morgan fingerprint density at radius 3 is 2.17 bits per heavy atom. The third-order valence-electron chi connectivity index (χ3n) is 8.65. The summed E-state index contributed by atoms with van der Waals surface area (Å²) in [5, 5.41) is 12.1. The first-order chi connectivity index (χ1) is 19.8. The zero-order chi connectivity index (χ0) is 30.7. The van der Waals surface area contributed by atoms with Gasteiger partial charge in [-0.1, -0.05) is 88.4 Å². The van der Waals surface area contributed by atoms with Crippen LogP contribution >= 0.6 is 0 Å². The van der Waals surface area contributed by atoms with Crippen molar-refractivity contribution in [3.8, 4) is 5.88 Å². The van der Waals surface area contributed by atoms with Crippen LogP contribution in [0, 0.1) is 0 Å². The van der Waals surface area contributed by atoms with E-state index in [1.165, 1.54) is 7.11 Å². The number of nitrogens with zero attached hydrogens (tertiary/aromatic N) is 2. The number of methoxy groups -OCH3 is 1. The number of hydrogen-bond donors (Lipinski definition) is 1. The SMILES string of the molecule is CC[C@@](O)(CC(=O)N1C(=O)O[C@@H](c2ccccc2)[C@H]1c1ccccc1)c1ccnc(OC)c1CO[Si](C)(C)C(C)(C)C. The fourth-order valence-corrected chi connectivity index (χ4v) is 5.98. The van der Waals surface area contributed by atoms with E-state index in [4.69, 9.17) is 13.9 Å². The standard InChI is InChI=1S/C33H42N2O6Si/c1-8-33(38,26-19-20-34-30(39-5)25(26)22-40-42(6,7)32(2,3)4)21-27(36)35-28(23-15-11-9-12-16-23)29(41-31(35)37)24-17-13-10-14-18-24/h9-20,28-29,38H,8,21-22H2,1-7H3/t28-,29+,33-/m1/s1. The fraction of sp³-hybridized carbons (Fsp3) is 0.424. The van der Waals surface area contributed by atoms with Crippen LogP contribution in [0.4, 0.5) is 4.79 Å². The molecule has 1 N–H and O–H groups in total. The highest BCUT2D eigenvalue weighted by Crippen LogP contribution is 2.45. The molecule has 2 heterocycles. The van der Waals surface area contributed by atoms with E-state index >= 15 is 0 Å². The lowest BCUT2D eigenvalue weighted by Crippen LogP contribution is -2.41. The van der Waals surface area contributed by atoms with Gasteiger partial charge in [0.05, 0.1) is 25.7 Å². The maximum absolute atomic E-state index is 14.1. The van der Waals surface area contributed by atoms with Gasteiger partial charge in [0.1, 0.15) is 6.04 Å². The van der Waals surface area contributed by atoms with Crippen molar-refractivity contribution in [3.63, 3.8) is 0 Å². The molecule has 0 aliphatic carbocycles. The molecule has 0 saturated carbocycles. The number of carbonyl (C=O) groups is 2. The Hall–Kier alpha value is -3.53. The summed E-state index contributed by atoms with van der Waals surface area (Å²) in [6, 6.07) is 19.7. The van der Waals surface area contributed by atoms with E-state index < -0.39 is 38.1 Å². The predicted octanol–water partition coefficient (Wildman–Crippen LogP) is 7.06. The van der Waals surface area contributed by atoms with Crippen molar-refractivity contribution in [2.75, 3.05) is 7.11 Å². The minimum atomic E-state index is -2.17. The van der Waals surface area contributed by atoms with Gasteiger partial charge >= 0.3 is 6.09 Å². The number of hydrogen-bond acceptors (Lipinski definition) is 7.